The fourth-order valence-electron chi connectivity index (χ4n) is 3.65. The molecule has 0 radical (unpaired) electrons. The Balaban J connectivity index is 1.87. The van der Waals surface area contributed by atoms with Gasteiger partial charge in [0, 0.05) is 30.5 Å². The molecule has 0 bridgehead atoms. The minimum absolute atomic E-state index is 0.541. The Labute approximate surface area is 114 Å². The van der Waals surface area contributed by atoms with Crippen LogP contribution in [0.2, 0.25) is 0 Å². The molecule has 2 unspecified atom stereocenters. The van der Waals surface area contributed by atoms with Gasteiger partial charge in [-0.1, -0.05) is 13.8 Å². The van der Waals surface area contributed by atoms with E-state index in [1.54, 1.807) is 0 Å². The predicted octanol–water partition coefficient (Wildman–Crippen LogP) is 3.47. The van der Waals surface area contributed by atoms with Gasteiger partial charge < -0.3 is 14.5 Å². The lowest BCUT2D eigenvalue weighted by molar-refractivity contribution is 0.153. The Morgan fingerprint density at radius 3 is 2.89 bits per heavy atom. The van der Waals surface area contributed by atoms with Crippen LogP contribution in [0.15, 0.2) is 6.20 Å². The van der Waals surface area contributed by atoms with E-state index in [4.69, 9.17) is 12.2 Å². The largest absolute Gasteiger partial charge is 0.337 e. The highest BCUT2D eigenvalue weighted by molar-refractivity contribution is 7.71. The number of hydrogen-bond donors (Lipinski definition) is 1. The SMILES string of the molecule is CC(C)c1c[nH]c(=S)n1C1CCN2CCCC2C1. The molecule has 2 atom stereocenters. The topological polar surface area (TPSA) is 24.0 Å². The van der Waals surface area contributed by atoms with Crippen LogP contribution in [0, 0.1) is 4.77 Å². The Bertz CT molecular complexity index is 474. The summed E-state index contributed by atoms with van der Waals surface area (Å²) < 4.78 is 3.31. The zero-order valence-corrected chi connectivity index (χ0v) is 12.2. The molecular weight excluding hydrogens is 242 g/mol. The molecule has 2 aliphatic heterocycles. The number of imidazole rings is 1. The maximum Gasteiger partial charge on any atom is 0.177 e. The molecule has 4 heteroatoms. The molecule has 0 aliphatic carbocycles. The van der Waals surface area contributed by atoms with Crippen LogP contribution in [0.25, 0.3) is 0 Å². The van der Waals surface area contributed by atoms with Crippen molar-refractivity contribution in [3.05, 3.63) is 16.7 Å². The second-order valence-electron chi connectivity index (χ2n) is 6.05. The van der Waals surface area contributed by atoms with Crippen LogP contribution in [-0.2, 0) is 0 Å². The van der Waals surface area contributed by atoms with Crippen LogP contribution in [0.5, 0.6) is 0 Å². The standard InChI is InChI=1S/C14H23N3S/c1-10(2)13-9-15-14(18)17(13)12-5-7-16-6-3-4-11(16)8-12/h9-12H,3-8H2,1-2H3,(H,15,18). The lowest BCUT2D eigenvalue weighted by atomic mass is 9.96. The summed E-state index contributed by atoms with van der Waals surface area (Å²) in [5.41, 5.74) is 1.37. The zero-order chi connectivity index (χ0) is 12.7. The minimum atomic E-state index is 0.541. The molecule has 0 aromatic carbocycles. The first-order valence-electron chi connectivity index (χ1n) is 7.20. The maximum atomic E-state index is 5.49. The van der Waals surface area contributed by atoms with Gasteiger partial charge in [0.05, 0.1) is 0 Å². The first-order valence-corrected chi connectivity index (χ1v) is 7.61. The summed E-state index contributed by atoms with van der Waals surface area (Å²) in [6, 6.07) is 1.42. The summed E-state index contributed by atoms with van der Waals surface area (Å²) in [6.07, 6.45) is 7.40. The smallest absolute Gasteiger partial charge is 0.177 e. The van der Waals surface area contributed by atoms with E-state index < -0.39 is 0 Å². The number of nitrogens with zero attached hydrogens (tertiary/aromatic N) is 2. The lowest BCUT2D eigenvalue weighted by Crippen LogP contribution is -2.39. The molecule has 0 amide bonds. The van der Waals surface area contributed by atoms with Crippen molar-refractivity contribution in [1.29, 1.82) is 0 Å². The molecule has 2 fully saturated rings. The average molecular weight is 265 g/mol. The van der Waals surface area contributed by atoms with Crippen molar-refractivity contribution >= 4 is 12.2 Å². The van der Waals surface area contributed by atoms with E-state index in [1.807, 2.05) is 0 Å². The molecule has 100 valence electrons. The quantitative estimate of drug-likeness (QED) is 0.828. The Kier molecular flexibility index (Phi) is 3.32. The van der Waals surface area contributed by atoms with Gasteiger partial charge in [0.25, 0.3) is 0 Å². The van der Waals surface area contributed by atoms with Gasteiger partial charge in [-0.05, 0) is 50.4 Å². The molecular formula is C14H23N3S. The molecule has 3 heterocycles. The van der Waals surface area contributed by atoms with Gasteiger partial charge in [0.2, 0.25) is 0 Å². The highest BCUT2D eigenvalue weighted by Crippen LogP contribution is 2.34. The van der Waals surface area contributed by atoms with Crippen molar-refractivity contribution in [3.63, 3.8) is 0 Å². The number of fused-ring (bicyclic) bond motifs is 1. The normalized spacial score (nSPS) is 28.8. The first kappa shape index (κ1) is 12.4. The molecule has 1 aromatic heterocycles. The lowest BCUT2D eigenvalue weighted by Gasteiger charge is -2.36. The van der Waals surface area contributed by atoms with Gasteiger partial charge >= 0.3 is 0 Å². The third-order valence-electron chi connectivity index (χ3n) is 4.59. The van der Waals surface area contributed by atoms with E-state index in [0.29, 0.717) is 12.0 Å². The van der Waals surface area contributed by atoms with Crippen molar-refractivity contribution in [1.82, 2.24) is 14.5 Å². The van der Waals surface area contributed by atoms with Crippen LogP contribution in [0.4, 0.5) is 0 Å². The first-order chi connectivity index (χ1) is 8.66. The van der Waals surface area contributed by atoms with Crippen LogP contribution < -0.4 is 0 Å². The van der Waals surface area contributed by atoms with Crippen molar-refractivity contribution in [2.75, 3.05) is 13.1 Å². The number of piperidine rings is 1. The zero-order valence-electron chi connectivity index (χ0n) is 11.4. The summed E-state index contributed by atoms with van der Waals surface area (Å²) in [6.45, 7) is 7.06. The third kappa shape index (κ3) is 2.05. The van der Waals surface area contributed by atoms with Crippen molar-refractivity contribution in [3.8, 4) is 0 Å². The number of H-pyrrole nitrogens is 1. The Morgan fingerprint density at radius 2 is 2.11 bits per heavy atom. The number of aromatic nitrogens is 2. The van der Waals surface area contributed by atoms with E-state index in [1.165, 1.54) is 44.5 Å². The predicted molar refractivity (Wildman–Crippen MR) is 76.6 cm³/mol. The Hall–Kier alpha value is -0.610. The van der Waals surface area contributed by atoms with Crippen molar-refractivity contribution in [2.45, 2.75) is 57.5 Å². The van der Waals surface area contributed by atoms with Gasteiger partial charge in [0.15, 0.2) is 4.77 Å². The molecule has 18 heavy (non-hydrogen) atoms. The number of hydrogen-bond acceptors (Lipinski definition) is 2. The number of aromatic amines is 1. The van der Waals surface area contributed by atoms with E-state index in [0.717, 1.165) is 10.8 Å². The minimum Gasteiger partial charge on any atom is -0.337 e. The summed E-state index contributed by atoms with van der Waals surface area (Å²) in [4.78, 5) is 5.91. The van der Waals surface area contributed by atoms with Crippen LogP contribution in [-0.4, -0.2) is 33.6 Å². The molecule has 3 nitrogen and oxygen atoms in total. The van der Waals surface area contributed by atoms with E-state index in [-0.39, 0.29) is 0 Å². The van der Waals surface area contributed by atoms with E-state index in [2.05, 4.69) is 34.5 Å². The highest BCUT2D eigenvalue weighted by atomic mass is 32.1. The van der Waals surface area contributed by atoms with Crippen molar-refractivity contribution in [2.24, 2.45) is 0 Å². The molecule has 0 saturated carbocycles. The fraction of sp³-hybridized carbons (Fsp3) is 0.786. The number of rotatable bonds is 2. The average Bonchev–Trinajstić information content (AvgIpc) is 2.93. The summed E-state index contributed by atoms with van der Waals surface area (Å²) in [5.74, 6) is 0.541. The molecule has 0 spiro atoms. The molecule has 2 aliphatic rings. The summed E-state index contributed by atoms with van der Waals surface area (Å²) in [7, 11) is 0. The van der Waals surface area contributed by atoms with E-state index in [9.17, 15) is 0 Å². The van der Waals surface area contributed by atoms with Crippen LogP contribution >= 0.6 is 12.2 Å². The van der Waals surface area contributed by atoms with E-state index >= 15 is 0 Å². The van der Waals surface area contributed by atoms with Crippen LogP contribution in [0.3, 0.4) is 0 Å². The van der Waals surface area contributed by atoms with Gasteiger partial charge in [-0.15, -0.1) is 0 Å². The summed E-state index contributed by atoms with van der Waals surface area (Å²) >= 11 is 5.49. The van der Waals surface area contributed by atoms with Crippen LogP contribution in [0.1, 0.15) is 57.2 Å². The molecule has 2 saturated heterocycles. The highest BCUT2D eigenvalue weighted by Gasteiger charge is 2.33. The maximum absolute atomic E-state index is 5.49. The van der Waals surface area contributed by atoms with Crippen molar-refractivity contribution < 1.29 is 0 Å². The second kappa shape index (κ2) is 4.82. The second-order valence-corrected chi connectivity index (χ2v) is 6.44. The third-order valence-corrected chi connectivity index (χ3v) is 4.90. The molecule has 1 aromatic rings. The fourth-order valence-corrected chi connectivity index (χ4v) is 3.96. The number of nitrogens with one attached hydrogen (secondary N) is 1. The van der Waals surface area contributed by atoms with Gasteiger partial charge in [-0.25, -0.2) is 0 Å². The van der Waals surface area contributed by atoms with Gasteiger partial charge in [-0.3, -0.25) is 0 Å². The molecule has 3 rings (SSSR count). The molecule has 1 N–H and O–H groups in total. The van der Waals surface area contributed by atoms with Gasteiger partial charge in [0.1, 0.15) is 0 Å². The Morgan fingerprint density at radius 1 is 1.28 bits per heavy atom. The monoisotopic (exact) mass is 265 g/mol. The summed E-state index contributed by atoms with van der Waals surface area (Å²) in [5, 5.41) is 0. The van der Waals surface area contributed by atoms with Gasteiger partial charge in [-0.2, -0.15) is 0 Å².